The summed E-state index contributed by atoms with van der Waals surface area (Å²) in [6.45, 7) is 2.47. The summed E-state index contributed by atoms with van der Waals surface area (Å²) in [4.78, 5) is 130. The Morgan fingerprint density at radius 1 is 0.436 bits per heavy atom. The van der Waals surface area contributed by atoms with Crippen LogP contribution in [0.5, 0.6) is 0 Å². The number of hydrogen-bond acceptors (Lipinski definition) is 42. The predicted molar refractivity (Wildman–Crippen MR) is 489 cm³/mol. The van der Waals surface area contributed by atoms with Crippen LogP contribution in [0.2, 0.25) is 0 Å². The molecule has 0 spiro atoms. The van der Waals surface area contributed by atoms with Crippen molar-refractivity contribution in [1.29, 1.82) is 5.26 Å². The lowest BCUT2D eigenvalue weighted by Crippen LogP contribution is -2.59. The lowest BCUT2D eigenvalue weighted by molar-refractivity contribution is -0.282. The van der Waals surface area contributed by atoms with Crippen molar-refractivity contribution < 1.29 is 206 Å². The second-order valence-corrected chi connectivity index (χ2v) is 41.2. The van der Waals surface area contributed by atoms with Gasteiger partial charge in [0.15, 0.2) is 18.9 Å². The van der Waals surface area contributed by atoms with Gasteiger partial charge in [0.1, 0.15) is 108 Å². The fraction of sp³-hybridized carbons (Fsp3) is 0.900. The Kier molecular flexibility index (Phi) is 58.8. The fourth-order valence-electron chi connectivity index (χ4n) is 16.7. The zero-order valence-electron chi connectivity index (χ0n) is 81.8. The number of methoxy groups -OCH3 is 1. The Balaban J connectivity index is 1.09. The molecule has 810 valence electrons. The largest absolute Gasteiger partial charge is 0.475 e. The number of aliphatic hydroxyl groups excluding tert-OH is 10. The summed E-state index contributed by atoms with van der Waals surface area (Å²) >= 11 is 0. The van der Waals surface area contributed by atoms with Gasteiger partial charge in [-0.25, -0.2) is 13.7 Å². The molecule has 0 aromatic rings. The van der Waals surface area contributed by atoms with Crippen LogP contribution >= 0.6 is 23.5 Å². The van der Waals surface area contributed by atoms with Gasteiger partial charge in [-0.2, -0.15) is 5.26 Å². The van der Waals surface area contributed by atoms with Crippen LogP contribution in [0.25, 0.3) is 0 Å². The van der Waals surface area contributed by atoms with E-state index in [2.05, 4.69) is 15.2 Å². The molecule has 6 aliphatic rings. The zero-order valence-corrected chi connectivity index (χ0v) is 84.4. The van der Waals surface area contributed by atoms with Gasteiger partial charge in [0.05, 0.1) is 154 Å². The fourth-order valence-corrected chi connectivity index (χ4v) is 19.5. The minimum absolute atomic E-state index is 0.00588. The lowest BCUT2D eigenvalue weighted by atomic mass is 9.92. The highest BCUT2D eigenvalue weighted by atomic mass is 31.2. The molecule has 3 amide bonds. The smallest absolute Gasteiger partial charge is 0.394 e. The zero-order chi connectivity index (χ0) is 103. The molecule has 47 nitrogen and oxygen atoms in total. The molecule has 0 aliphatic carbocycles. The minimum Gasteiger partial charge on any atom is -0.394 e. The number of nitriles is 1. The van der Waals surface area contributed by atoms with Gasteiger partial charge < -0.3 is 138 Å². The minimum atomic E-state index is -5.21. The van der Waals surface area contributed by atoms with E-state index in [-0.39, 0.29) is 185 Å². The standard InChI is InChI=1S/C90H157N4O43P3/c1-58-45-70(74(131-58)53-130-140(117,127-39-22-34-91)137-86-75(54-129-138(113,114)119-7)132-62(5)85(86)123-44-43-118-6)136-139(115,116)128-52-63-46-69(103)48-94(63)78(106)47-77(105)93-90(55-120-40-31-67(101)25-12-8-10-23-64(98)28-15-19-36-124-87-59(2)79(107)82(110)71(49-95)133-87,56-121-41-32-68(102)26-13-9-11-24-65(99)29-16-20-37-125-88-60(3)80(108)83(111)72(50-96)134-88)57-122-42-33-76(104)92-35-18-14-27-66(100)30-17-21-38-126-89-61(4)81(109)84(112)73(51-97)135-89/h58-63,69-75,79-89,95-97,103,107-112H,8-33,35-57H2,1-7H3,(H,92,104)(H,93,105)(H,113,114)(H,115,116)/t58-,59?,60?,61?,62-,63-,69+,70-,71?,72?,73?,74+,75+,79+,80+,81+,82-,83-,84-,85-,86+,87+,88+,89+,90?,140?/m0/s1. The number of ketones is 5. The van der Waals surface area contributed by atoms with E-state index in [0.717, 1.165) is 12.0 Å². The highest BCUT2D eigenvalue weighted by molar-refractivity contribution is 7.48. The van der Waals surface area contributed by atoms with Crippen molar-refractivity contribution in [3.63, 3.8) is 0 Å². The molecule has 50 heteroatoms. The quantitative estimate of drug-likeness (QED) is 0.0236. The SMILES string of the molecule is COCCO[C@@H]1[C@H](OP(=O)(OCCC#N)OC[C@H]2O[C@@H](C)C[C@@H]2OP(=O)(O)OC[C@@H]2C[C@@H](O)CN2C(=O)CC(=O)NC(COCCC(=O)CCCCCC(=O)CCCCO[C@@H]2OC(CO)[C@H](O)[C@H](O)C2C)(COCCC(=O)CCCCCC(=O)CCCCO[C@@H]2OC(CO)[C@H](O)[C@H](O)C2C)COCCC(=O)NCCCCC(=O)CCCCO[C@@H]2OC(CO)[C@H](O)[C@H](O)C2C)[C@@H](COP(=O)(O)OC)O[C@H]1C. The third kappa shape index (κ3) is 45.0. The molecule has 0 saturated carbocycles. The van der Waals surface area contributed by atoms with Crippen LogP contribution in [0.15, 0.2) is 0 Å². The number of unbranched alkanes of at least 4 members (excludes halogenated alkanes) is 8. The summed E-state index contributed by atoms with van der Waals surface area (Å²) in [5.41, 5.74) is -1.75. The summed E-state index contributed by atoms with van der Waals surface area (Å²) in [5, 5.41) is 116. The highest BCUT2D eigenvalue weighted by Gasteiger charge is 2.52. The van der Waals surface area contributed by atoms with Crippen LogP contribution < -0.4 is 10.6 Å². The Hall–Kier alpha value is -4.34. The van der Waals surface area contributed by atoms with E-state index in [1.165, 1.54) is 7.11 Å². The molecule has 0 radical (unpaired) electrons. The van der Waals surface area contributed by atoms with Gasteiger partial charge >= 0.3 is 23.5 Å². The number of β-amino-alcohol motifs (C(OH)–C–C–N with tert-alkyl or cyclic N) is 1. The van der Waals surface area contributed by atoms with Gasteiger partial charge in [0.2, 0.25) is 17.7 Å². The number of likely N-dealkylation sites (tertiary alicyclic amines) is 1. The van der Waals surface area contributed by atoms with E-state index < -0.39 is 266 Å². The van der Waals surface area contributed by atoms with Gasteiger partial charge in [-0.1, -0.05) is 33.6 Å². The number of Topliss-reactive ketones (excluding diaryl/α,β-unsaturated/α-hetero) is 5. The number of hydrogen-bond donors (Lipinski definition) is 14. The number of nitrogens with one attached hydrogen (secondary N) is 2. The number of nitrogens with zero attached hydrogens (tertiary/aromatic N) is 2. The van der Waals surface area contributed by atoms with E-state index in [1.54, 1.807) is 34.6 Å². The monoisotopic (exact) mass is 2070 g/mol. The van der Waals surface area contributed by atoms with E-state index >= 15 is 0 Å². The van der Waals surface area contributed by atoms with E-state index in [4.69, 9.17) is 88.7 Å². The maximum atomic E-state index is 14.7. The molecule has 6 saturated heterocycles. The third-order valence-electron chi connectivity index (χ3n) is 25.0. The summed E-state index contributed by atoms with van der Waals surface area (Å²) in [5.74, 6) is -4.36. The molecule has 14 N–H and O–H groups in total. The van der Waals surface area contributed by atoms with Crippen molar-refractivity contribution in [3.8, 4) is 6.07 Å². The van der Waals surface area contributed by atoms with Crippen LogP contribution in [0, 0.1) is 29.1 Å². The Bertz CT molecular complexity index is 3610. The van der Waals surface area contributed by atoms with Gasteiger partial charge in [0.25, 0.3) is 0 Å². The second kappa shape index (κ2) is 66.2. The third-order valence-corrected chi connectivity index (χ3v) is 28.5. The molecule has 0 aromatic heterocycles. The van der Waals surface area contributed by atoms with E-state index in [9.17, 15) is 118 Å². The second-order valence-electron chi connectivity index (χ2n) is 36.6. The number of amides is 3. The van der Waals surface area contributed by atoms with Crippen LogP contribution in [-0.4, -0.2) is 393 Å². The number of carbonyl (C=O) groups is 8. The molecule has 0 aromatic carbocycles. The maximum absolute atomic E-state index is 14.7. The van der Waals surface area contributed by atoms with Crippen molar-refractivity contribution in [2.45, 2.75) is 355 Å². The van der Waals surface area contributed by atoms with E-state index in [0.29, 0.717) is 89.9 Å². The predicted octanol–water partition coefficient (Wildman–Crippen LogP) is 2.93. The number of carbonyl (C=O) groups excluding carboxylic acids is 8. The Morgan fingerprint density at radius 3 is 1.32 bits per heavy atom. The Morgan fingerprint density at radius 2 is 0.871 bits per heavy atom. The van der Waals surface area contributed by atoms with Crippen LogP contribution in [-0.2, 0) is 145 Å². The van der Waals surface area contributed by atoms with Crippen LogP contribution in [0.4, 0.5) is 0 Å². The highest BCUT2D eigenvalue weighted by Crippen LogP contribution is 2.55. The van der Waals surface area contributed by atoms with Gasteiger partial charge in [-0.15, -0.1) is 0 Å². The molecule has 9 unspecified atom stereocenters. The van der Waals surface area contributed by atoms with Crippen molar-refractivity contribution in [2.75, 3.05) is 146 Å². The van der Waals surface area contributed by atoms with Gasteiger partial charge in [-0.05, 0) is 97.3 Å². The van der Waals surface area contributed by atoms with Crippen LogP contribution in [0.1, 0.15) is 221 Å². The van der Waals surface area contributed by atoms with Gasteiger partial charge in [-0.3, -0.25) is 70.0 Å². The molecule has 140 heavy (non-hydrogen) atoms. The van der Waals surface area contributed by atoms with Crippen molar-refractivity contribution in [2.24, 2.45) is 17.8 Å². The number of rotatable bonds is 77. The first-order chi connectivity index (χ1) is 66.7. The molecule has 6 heterocycles. The first-order valence-corrected chi connectivity index (χ1v) is 53.3. The van der Waals surface area contributed by atoms with E-state index in [1.807, 2.05) is 6.07 Å². The first kappa shape index (κ1) is 124. The number of phosphoric ester groups is 3. The molecular weight excluding hydrogens is 1920 g/mol. The van der Waals surface area contributed by atoms with Crippen molar-refractivity contribution in [1.82, 2.24) is 15.5 Å². The average molecular weight is 2080 g/mol. The maximum Gasteiger partial charge on any atom is 0.475 e. The molecule has 6 fully saturated rings. The lowest BCUT2D eigenvalue weighted by Gasteiger charge is -2.40. The molecule has 6 aliphatic heterocycles. The molecule has 27 atom stereocenters. The molecular formula is C90H157N4O43P3. The summed E-state index contributed by atoms with van der Waals surface area (Å²) in [7, 11) is -12.3. The average Bonchev–Trinajstić information content (AvgIpc) is 1.39. The molecule has 6 rings (SSSR count). The normalized spacial score (nSPS) is 29.9. The molecule has 0 bridgehead atoms. The van der Waals surface area contributed by atoms with Crippen molar-refractivity contribution in [3.05, 3.63) is 0 Å². The summed E-state index contributed by atoms with van der Waals surface area (Å²) < 4.78 is 155. The number of phosphoric acid groups is 3. The van der Waals surface area contributed by atoms with Crippen LogP contribution in [0.3, 0.4) is 0 Å². The van der Waals surface area contributed by atoms with Crippen molar-refractivity contribution >= 4 is 70.1 Å². The van der Waals surface area contributed by atoms with Gasteiger partial charge in [0, 0.05) is 142 Å². The summed E-state index contributed by atoms with van der Waals surface area (Å²) in [6, 6.07) is 0.682. The first-order valence-electron chi connectivity index (χ1n) is 48.9. The topological polar surface area (TPSA) is 666 Å². The Labute approximate surface area is 818 Å². The number of aliphatic hydroxyl groups is 10. The number of ether oxygens (including phenoxy) is 13. The summed E-state index contributed by atoms with van der Waals surface area (Å²) in [6.07, 6.45) is -15.1.